The highest BCUT2D eigenvalue weighted by Crippen LogP contribution is 2.24. The summed E-state index contributed by atoms with van der Waals surface area (Å²) in [4.78, 5) is 17.1. The van der Waals surface area contributed by atoms with Gasteiger partial charge in [0.05, 0.1) is 12.7 Å². The summed E-state index contributed by atoms with van der Waals surface area (Å²) in [5, 5.41) is 2.40. The largest absolute Gasteiger partial charge is 0.496 e. The van der Waals surface area contributed by atoms with Crippen molar-refractivity contribution in [3.05, 3.63) is 77.4 Å². The summed E-state index contributed by atoms with van der Waals surface area (Å²) in [7, 11) is 3.43. The van der Waals surface area contributed by atoms with Crippen molar-refractivity contribution in [3.8, 4) is 5.75 Å². The molecule has 0 saturated carbocycles. The quantitative estimate of drug-likeness (QED) is 0.545. The Balaban J connectivity index is 1.83. The minimum atomic E-state index is -0.0439. The molecule has 0 N–H and O–H groups in total. The van der Waals surface area contributed by atoms with Gasteiger partial charge in [-0.1, -0.05) is 56.3 Å². The third kappa shape index (κ3) is 4.77. The summed E-state index contributed by atoms with van der Waals surface area (Å²) >= 11 is 0. The van der Waals surface area contributed by atoms with Crippen LogP contribution in [0.1, 0.15) is 35.3 Å². The number of benzene rings is 3. The maximum atomic E-state index is 12.9. The van der Waals surface area contributed by atoms with E-state index in [1.807, 2.05) is 25.2 Å². The van der Waals surface area contributed by atoms with Gasteiger partial charge in [0.1, 0.15) is 5.75 Å². The van der Waals surface area contributed by atoms with Crippen LogP contribution in [0.2, 0.25) is 0 Å². The standard InChI is InChI=1S/C25H30N2O2/c1-5-27(6-2)17-19-14-15-22-20(16-19)10-9-11-21(22)18-26(3)25(28)23-12-7-8-13-24(23)29-4/h7-16H,5-6,17-18H2,1-4H3. The van der Waals surface area contributed by atoms with E-state index in [9.17, 15) is 4.79 Å². The smallest absolute Gasteiger partial charge is 0.257 e. The van der Waals surface area contributed by atoms with Crippen LogP contribution in [0.5, 0.6) is 5.75 Å². The Kier molecular flexibility index (Phi) is 6.89. The van der Waals surface area contributed by atoms with E-state index in [-0.39, 0.29) is 5.91 Å². The zero-order valence-corrected chi connectivity index (χ0v) is 17.8. The Morgan fingerprint density at radius 2 is 1.69 bits per heavy atom. The van der Waals surface area contributed by atoms with Crippen LogP contribution in [0.15, 0.2) is 60.7 Å². The van der Waals surface area contributed by atoms with Gasteiger partial charge in [0.15, 0.2) is 0 Å². The number of fused-ring (bicyclic) bond motifs is 1. The molecule has 0 unspecified atom stereocenters. The van der Waals surface area contributed by atoms with Gasteiger partial charge in [-0.25, -0.2) is 0 Å². The molecule has 3 rings (SSSR count). The van der Waals surface area contributed by atoms with Crippen molar-refractivity contribution in [1.82, 2.24) is 9.80 Å². The van der Waals surface area contributed by atoms with Crippen molar-refractivity contribution < 1.29 is 9.53 Å². The number of nitrogens with zero attached hydrogens (tertiary/aromatic N) is 2. The Hall–Kier alpha value is -2.85. The maximum Gasteiger partial charge on any atom is 0.257 e. The topological polar surface area (TPSA) is 32.8 Å². The zero-order chi connectivity index (χ0) is 20.8. The van der Waals surface area contributed by atoms with E-state index >= 15 is 0 Å². The Morgan fingerprint density at radius 3 is 2.41 bits per heavy atom. The number of rotatable bonds is 8. The average Bonchev–Trinajstić information content (AvgIpc) is 2.76. The van der Waals surface area contributed by atoms with Gasteiger partial charge in [-0.3, -0.25) is 9.69 Å². The van der Waals surface area contributed by atoms with Crippen LogP contribution in [-0.4, -0.2) is 43.0 Å². The summed E-state index contributed by atoms with van der Waals surface area (Å²) in [6.45, 7) is 7.98. The number of para-hydroxylation sites is 1. The van der Waals surface area contributed by atoms with Crippen molar-refractivity contribution >= 4 is 16.7 Å². The first-order valence-electron chi connectivity index (χ1n) is 10.2. The van der Waals surface area contributed by atoms with E-state index in [1.165, 1.54) is 16.3 Å². The van der Waals surface area contributed by atoms with Crippen LogP contribution < -0.4 is 4.74 Å². The molecular formula is C25H30N2O2. The third-order valence-corrected chi connectivity index (χ3v) is 5.43. The molecule has 0 aliphatic rings. The molecule has 0 fully saturated rings. The number of ether oxygens (including phenoxy) is 1. The average molecular weight is 391 g/mol. The molecule has 0 aliphatic carbocycles. The van der Waals surface area contributed by atoms with Crippen LogP contribution in [0.4, 0.5) is 0 Å². The highest BCUT2D eigenvalue weighted by atomic mass is 16.5. The monoisotopic (exact) mass is 390 g/mol. The number of methoxy groups -OCH3 is 1. The molecule has 0 spiro atoms. The van der Waals surface area contributed by atoms with Crippen LogP contribution in [0.25, 0.3) is 10.8 Å². The summed E-state index contributed by atoms with van der Waals surface area (Å²) in [5.74, 6) is 0.556. The van der Waals surface area contributed by atoms with E-state index in [0.29, 0.717) is 17.9 Å². The Bertz CT molecular complexity index is 979. The second-order valence-corrected chi connectivity index (χ2v) is 7.30. The van der Waals surface area contributed by atoms with E-state index in [0.717, 1.165) is 25.2 Å². The number of carbonyl (C=O) groups is 1. The molecule has 0 aliphatic heterocycles. The highest BCUT2D eigenvalue weighted by Gasteiger charge is 2.17. The maximum absolute atomic E-state index is 12.9. The molecule has 152 valence electrons. The van der Waals surface area contributed by atoms with E-state index in [2.05, 4.69) is 55.1 Å². The molecule has 4 nitrogen and oxygen atoms in total. The number of hydrogen-bond acceptors (Lipinski definition) is 3. The molecule has 3 aromatic rings. The lowest BCUT2D eigenvalue weighted by molar-refractivity contribution is 0.0782. The lowest BCUT2D eigenvalue weighted by Gasteiger charge is -2.21. The number of amides is 1. The molecule has 0 saturated heterocycles. The summed E-state index contributed by atoms with van der Waals surface area (Å²) in [6.07, 6.45) is 0. The minimum Gasteiger partial charge on any atom is -0.496 e. The predicted octanol–water partition coefficient (Wildman–Crippen LogP) is 4.96. The molecule has 0 aromatic heterocycles. The van der Waals surface area contributed by atoms with Gasteiger partial charge in [-0.05, 0) is 53.2 Å². The first-order chi connectivity index (χ1) is 14.1. The Morgan fingerprint density at radius 1 is 0.931 bits per heavy atom. The molecule has 0 atom stereocenters. The highest BCUT2D eigenvalue weighted by molar-refractivity contribution is 5.97. The van der Waals surface area contributed by atoms with E-state index < -0.39 is 0 Å². The first-order valence-corrected chi connectivity index (χ1v) is 10.2. The van der Waals surface area contributed by atoms with Gasteiger partial charge >= 0.3 is 0 Å². The fraction of sp³-hybridized carbons (Fsp3) is 0.320. The lowest BCUT2D eigenvalue weighted by Crippen LogP contribution is -2.26. The molecule has 3 aromatic carbocycles. The van der Waals surface area contributed by atoms with Gasteiger partial charge in [-0.2, -0.15) is 0 Å². The van der Waals surface area contributed by atoms with Crippen LogP contribution in [-0.2, 0) is 13.1 Å². The summed E-state index contributed by atoms with van der Waals surface area (Å²) in [6, 6.07) is 20.3. The predicted molar refractivity (Wildman–Crippen MR) is 119 cm³/mol. The van der Waals surface area contributed by atoms with Gasteiger partial charge < -0.3 is 9.64 Å². The first kappa shape index (κ1) is 20.9. The molecule has 0 bridgehead atoms. The second-order valence-electron chi connectivity index (χ2n) is 7.30. The van der Waals surface area contributed by atoms with E-state index in [4.69, 9.17) is 4.74 Å². The van der Waals surface area contributed by atoms with Crippen molar-refractivity contribution in [2.75, 3.05) is 27.2 Å². The molecule has 29 heavy (non-hydrogen) atoms. The number of hydrogen-bond donors (Lipinski definition) is 0. The summed E-state index contributed by atoms with van der Waals surface area (Å²) in [5.41, 5.74) is 3.04. The van der Waals surface area contributed by atoms with Gasteiger partial charge in [0.2, 0.25) is 0 Å². The van der Waals surface area contributed by atoms with Crippen molar-refractivity contribution in [1.29, 1.82) is 0 Å². The van der Waals surface area contributed by atoms with Crippen molar-refractivity contribution in [3.63, 3.8) is 0 Å². The molecule has 4 heteroatoms. The van der Waals surface area contributed by atoms with Crippen molar-refractivity contribution in [2.24, 2.45) is 0 Å². The number of carbonyl (C=O) groups excluding carboxylic acids is 1. The van der Waals surface area contributed by atoms with E-state index in [1.54, 1.807) is 18.1 Å². The Labute approximate surface area is 173 Å². The van der Waals surface area contributed by atoms with Crippen LogP contribution in [0, 0.1) is 0 Å². The normalized spacial score (nSPS) is 11.1. The van der Waals surface area contributed by atoms with Gasteiger partial charge in [0, 0.05) is 20.1 Å². The van der Waals surface area contributed by atoms with Crippen molar-refractivity contribution in [2.45, 2.75) is 26.9 Å². The van der Waals surface area contributed by atoms with Crippen LogP contribution in [0.3, 0.4) is 0 Å². The van der Waals surface area contributed by atoms with Crippen LogP contribution >= 0.6 is 0 Å². The molecule has 0 radical (unpaired) electrons. The zero-order valence-electron chi connectivity index (χ0n) is 17.8. The minimum absolute atomic E-state index is 0.0439. The third-order valence-electron chi connectivity index (χ3n) is 5.43. The summed E-state index contributed by atoms with van der Waals surface area (Å²) < 4.78 is 5.35. The lowest BCUT2D eigenvalue weighted by atomic mass is 10.0. The van der Waals surface area contributed by atoms with Gasteiger partial charge in [-0.15, -0.1) is 0 Å². The molecule has 1 amide bonds. The fourth-order valence-corrected chi connectivity index (χ4v) is 3.70. The van der Waals surface area contributed by atoms with Gasteiger partial charge in [0.25, 0.3) is 5.91 Å². The molecule has 0 heterocycles. The fourth-order valence-electron chi connectivity index (χ4n) is 3.70. The molecular weight excluding hydrogens is 360 g/mol. The SMILES string of the molecule is CCN(CC)Cc1ccc2c(CN(C)C(=O)c3ccccc3OC)cccc2c1. The second kappa shape index (κ2) is 9.57.